The van der Waals surface area contributed by atoms with Crippen molar-refractivity contribution >= 4 is 15.9 Å². The molecule has 0 aromatic heterocycles. The molecule has 3 N–H and O–H groups in total. The van der Waals surface area contributed by atoms with Crippen molar-refractivity contribution in [2.45, 2.75) is 24.8 Å². The fourth-order valence-electron chi connectivity index (χ4n) is 2.55. The van der Waals surface area contributed by atoms with Crippen LogP contribution in [0.2, 0.25) is 0 Å². The van der Waals surface area contributed by atoms with Gasteiger partial charge in [-0.3, -0.25) is 9.69 Å². The minimum Gasteiger partial charge on any atom is -0.351 e. The number of hydrogen-bond acceptors (Lipinski definition) is 5. The molecule has 0 aliphatic carbocycles. The number of piperazine rings is 1. The van der Waals surface area contributed by atoms with Crippen LogP contribution in [0.1, 0.15) is 24.2 Å². The highest BCUT2D eigenvalue weighted by molar-refractivity contribution is 7.89. The monoisotopic (exact) mass is 354 g/mol. The van der Waals surface area contributed by atoms with Gasteiger partial charge in [-0.05, 0) is 32.0 Å². The lowest BCUT2D eigenvalue weighted by atomic mass is 10.2. The fourth-order valence-corrected chi connectivity index (χ4v) is 3.84. The summed E-state index contributed by atoms with van der Waals surface area (Å²) in [5.74, 6) is -0.258. The molecule has 1 aromatic carbocycles. The Balaban J connectivity index is 1.93. The first-order valence-electron chi connectivity index (χ1n) is 8.22. The van der Waals surface area contributed by atoms with E-state index in [4.69, 9.17) is 0 Å². The van der Waals surface area contributed by atoms with Gasteiger partial charge in [0, 0.05) is 50.9 Å². The third kappa shape index (κ3) is 5.55. The van der Waals surface area contributed by atoms with Gasteiger partial charge in [-0.2, -0.15) is 0 Å². The fraction of sp³-hybridized carbons (Fsp3) is 0.562. The highest BCUT2D eigenvalue weighted by Gasteiger charge is 2.17. The number of nitrogens with one attached hydrogen (secondary N) is 3. The zero-order valence-corrected chi connectivity index (χ0v) is 15.0. The third-order valence-corrected chi connectivity index (χ3v) is 5.38. The van der Waals surface area contributed by atoms with Gasteiger partial charge in [-0.15, -0.1) is 0 Å². The molecule has 0 spiro atoms. The van der Waals surface area contributed by atoms with Crippen molar-refractivity contribution in [1.29, 1.82) is 0 Å². The second-order valence-electron chi connectivity index (χ2n) is 6.15. The first kappa shape index (κ1) is 18.9. The van der Waals surface area contributed by atoms with E-state index in [2.05, 4.69) is 20.3 Å². The van der Waals surface area contributed by atoms with Gasteiger partial charge in [0.25, 0.3) is 5.91 Å². The van der Waals surface area contributed by atoms with Crippen LogP contribution in [0.4, 0.5) is 0 Å². The lowest BCUT2D eigenvalue weighted by Gasteiger charge is -2.27. The Kier molecular flexibility index (Phi) is 6.73. The molecule has 7 nitrogen and oxygen atoms in total. The first-order valence-corrected chi connectivity index (χ1v) is 9.70. The summed E-state index contributed by atoms with van der Waals surface area (Å²) in [7, 11) is -3.60. The lowest BCUT2D eigenvalue weighted by Crippen LogP contribution is -2.46. The van der Waals surface area contributed by atoms with Crippen molar-refractivity contribution in [2.24, 2.45) is 0 Å². The number of carbonyl (C=O) groups excluding carboxylic acids is 1. The van der Waals surface area contributed by atoms with Crippen molar-refractivity contribution in [3.05, 3.63) is 29.8 Å². The highest BCUT2D eigenvalue weighted by Crippen LogP contribution is 2.12. The largest absolute Gasteiger partial charge is 0.351 e. The topological polar surface area (TPSA) is 90.5 Å². The second kappa shape index (κ2) is 8.57. The molecule has 8 heteroatoms. The Labute approximate surface area is 143 Å². The predicted octanol–water partition coefficient (Wildman–Crippen LogP) is 0.00830. The van der Waals surface area contributed by atoms with E-state index in [-0.39, 0.29) is 16.8 Å². The number of sulfonamides is 1. The van der Waals surface area contributed by atoms with Crippen LogP contribution >= 0.6 is 0 Å². The number of benzene rings is 1. The Morgan fingerprint density at radius 1 is 1.29 bits per heavy atom. The Morgan fingerprint density at radius 2 is 2.00 bits per heavy atom. The predicted molar refractivity (Wildman–Crippen MR) is 93.5 cm³/mol. The summed E-state index contributed by atoms with van der Waals surface area (Å²) in [6.45, 7) is 8.73. The average Bonchev–Trinajstić information content (AvgIpc) is 2.55. The van der Waals surface area contributed by atoms with Crippen molar-refractivity contribution in [3.8, 4) is 0 Å². The summed E-state index contributed by atoms with van der Waals surface area (Å²) in [5, 5.41) is 6.13. The number of carbonyl (C=O) groups is 1. The molecule has 134 valence electrons. The van der Waals surface area contributed by atoms with E-state index < -0.39 is 10.0 Å². The van der Waals surface area contributed by atoms with Crippen LogP contribution in [-0.4, -0.2) is 64.5 Å². The van der Waals surface area contributed by atoms with E-state index in [1.54, 1.807) is 26.0 Å². The van der Waals surface area contributed by atoms with Gasteiger partial charge in [0.2, 0.25) is 10.0 Å². The van der Waals surface area contributed by atoms with Crippen LogP contribution in [-0.2, 0) is 10.0 Å². The molecule has 0 radical (unpaired) electrons. The number of amides is 1. The zero-order valence-electron chi connectivity index (χ0n) is 14.2. The highest BCUT2D eigenvalue weighted by atomic mass is 32.2. The molecule has 0 atom stereocenters. The second-order valence-corrected chi connectivity index (χ2v) is 7.87. The van der Waals surface area contributed by atoms with E-state index in [0.29, 0.717) is 12.1 Å². The van der Waals surface area contributed by atoms with Gasteiger partial charge >= 0.3 is 0 Å². The summed E-state index contributed by atoms with van der Waals surface area (Å²) >= 11 is 0. The quantitative estimate of drug-likeness (QED) is 0.642. The van der Waals surface area contributed by atoms with Crippen molar-refractivity contribution in [2.75, 3.05) is 39.3 Å². The van der Waals surface area contributed by atoms with Crippen molar-refractivity contribution < 1.29 is 13.2 Å². The van der Waals surface area contributed by atoms with Crippen LogP contribution in [0.15, 0.2) is 29.2 Å². The molecule has 1 heterocycles. The molecule has 1 amide bonds. The average molecular weight is 354 g/mol. The molecule has 0 unspecified atom stereocenters. The van der Waals surface area contributed by atoms with E-state index in [9.17, 15) is 13.2 Å². The molecule has 1 aliphatic heterocycles. The van der Waals surface area contributed by atoms with Gasteiger partial charge in [-0.1, -0.05) is 6.07 Å². The molecule has 1 fully saturated rings. The van der Waals surface area contributed by atoms with Gasteiger partial charge in [-0.25, -0.2) is 13.1 Å². The molecule has 0 saturated carbocycles. The van der Waals surface area contributed by atoms with Crippen molar-refractivity contribution in [1.82, 2.24) is 20.3 Å². The molecule has 2 rings (SSSR count). The maximum atomic E-state index is 12.2. The van der Waals surface area contributed by atoms with Crippen LogP contribution in [0.5, 0.6) is 0 Å². The maximum Gasteiger partial charge on any atom is 0.251 e. The van der Waals surface area contributed by atoms with Crippen LogP contribution in [0.3, 0.4) is 0 Å². The summed E-state index contributed by atoms with van der Waals surface area (Å²) < 4.78 is 26.9. The SMILES string of the molecule is CC(C)NS(=O)(=O)c1cccc(C(=O)NCCN2CCNCC2)c1. The minimum atomic E-state index is -3.60. The molecule has 24 heavy (non-hydrogen) atoms. The zero-order chi connectivity index (χ0) is 17.6. The van der Waals surface area contributed by atoms with E-state index in [1.807, 2.05) is 0 Å². The Bertz CT molecular complexity index is 655. The van der Waals surface area contributed by atoms with Crippen molar-refractivity contribution in [3.63, 3.8) is 0 Å². The molecule has 0 bridgehead atoms. The number of rotatable bonds is 7. The minimum absolute atomic E-state index is 0.103. The molecule has 1 aliphatic rings. The van der Waals surface area contributed by atoms with Gasteiger partial charge in [0.05, 0.1) is 4.90 Å². The molecule has 1 saturated heterocycles. The number of nitrogens with zero attached hydrogens (tertiary/aromatic N) is 1. The van der Waals surface area contributed by atoms with Gasteiger partial charge in [0.1, 0.15) is 0 Å². The Hall–Kier alpha value is -1.48. The summed E-state index contributed by atoms with van der Waals surface area (Å²) in [6, 6.07) is 5.90. The van der Waals surface area contributed by atoms with E-state index in [1.165, 1.54) is 12.1 Å². The lowest BCUT2D eigenvalue weighted by molar-refractivity contribution is 0.0947. The third-order valence-electron chi connectivity index (χ3n) is 3.72. The van der Waals surface area contributed by atoms with E-state index in [0.717, 1.165) is 32.7 Å². The van der Waals surface area contributed by atoms with Gasteiger partial charge in [0.15, 0.2) is 0 Å². The summed E-state index contributed by atoms with van der Waals surface area (Å²) in [5.41, 5.74) is 0.349. The van der Waals surface area contributed by atoms with Crippen LogP contribution < -0.4 is 15.4 Å². The summed E-state index contributed by atoms with van der Waals surface area (Å²) in [4.78, 5) is 14.6. The molecular weight excluding hydrogens is 328 g/mol. The smallest absolute Gasteiger partial charge is 0.251 e. The van der Waals surface area contributed by atoms with E-state index >= 15 is 0 Å². The first-order chi connectivity index (χ1) is 11.4. The van der Waals surface area contributed by atoms with Gasteiger partial charge < -0.3 is 10.6 Å². The molecule has 1 aromatic rings. The van der Waals surface area contributed by atoms with Crippen LogP contribution in [0.25, 0.3) is 0 Å². The summed E-state index contributed by atoms with van der Waals surface area (Å²) in [6.07, 6.45) is 0. The normalized spacial score (nSPS) is 16.3. The maximum absolute atomic E-state index is 12.2. The Morgan fingerprint density at radius 3 is 2.67 bits per heavy atom. The molecular formula is C16H26N4O3S. The number of hydrogen-bond donors (Lipinski definition) is 3. The standard InChI is InChI=1S/C16H26N4O3S/c1-13(2)19-24(22,23)15-5-3-4-14(12-15)16(21)18-8-11-20-9-6-17-7-10-20/h3-5,12-13,17,19H,6-11H2,1-2H3,(H,18,21). The van der Waals surface area contributed by atoms with Crippen LogP contribution in [0, 0.1) is 0 Å².